The van der Waals surface area contributed by atoms with E-state index in [0.717, 1.165) is 11.8 Å². The van der Waals surface area contributed by atoms with E-state index in [-0.39, 0.29) is 29.2 Å². The molecule has 0 saturated heterocycles. The van der Waals surface area contributed by atoms with E-state index in [4.69, 9.17) is 4.74 Å². The molecule has 3 amide bonds. The molecule has 1 aromatic carbocycles. The Morgan fingerprint density at radius 3 is 2.24 bits per heavy atom. The maximum atomic E-state index is 11.6. The smallest absolute Gasteiger partial charge is 0.248 e. The van der Waals surface area contributed by atoms with Crippen LogP contribution in [-0.2, 0) is 14.4 Å². The van der Waals surface area contributed by atoms with E-state index >= 15 is 0 Å². The van der Waals surface area contributed by atoms with Gasteiger partial charge in [-0.3, -0.25) is 25.2 Å². The van der Waals surface area contributed by atoms with Crippen molar-refractivity contribution >= 4 is 35.2 Å². The molecule has 0 aliphatic rings. The Balaban J connectivity index is 2.24. The number of rotatable bonds is 6. The summed E-state index contributed by atoms with van der Waals surface area (Å²) in [7, 11) is 1.57. The Morgan fingerprint density at radius 1 is 1.05 bits per heavy atom. The van der Waals surface area contributed by atoms with E-state index in [1.807, 2.05) is 0 Å². The highest BCUT2D eigenvalue weighted by Crippen LogP contribution is 2.15. The van der Waals surface area contributed by atoms with E-state index < -0.39 is 0 Å². The van der Waals surface area contributed by atoms with Gasteiger partial charge in [0.15, 0.2) is 0 Å². The third-order valence-electron chi connectivity index (χ3n) is 2.22. The van der Waals surface area contributed by atoms with Crippen LogP contribution in [0.2, 0.25) is 0 Å². The fraction of sp³-hybridized carbons (Fsp3) is 0.308. The summed E-state index contributed by atoms with van der Waals surface area (Å²) in [5.74, 6) is -0.0110. The van der Waals surface area contributed by atoms with Crippen molar-refractivity contribution in [1.29, 1.82) is 0 Å². The Morgan fingerprint density at radius 2 is 1.67 bits per heavy atom. The highest BCUT2D eigenvalue weighted by Gasteiger charge is 2.06. The van der Waals surface area contributed by atoms with E-state index in [1.54, 1.807) is 31.4 Å². The van der Waals surface area contributed by atoms with Gasteiger partial charge >= 0.3 is 0 Å². The predicted octanol–water partition coefficient (Wildman–Crippen LogP) is 0.534. The van der Waals surface area contributed by atoms with Gasteiger partial charge in [0, 0.05) is 12.6 Å². The van der Waals surface area contributed by atoms with Crippen molar-refractivity contribution in [2.45, 2.75) is 6.92 Å². The Hall–Kier alpha value is -2.22. The first-order valence-corrected chi connectivity index (χ1v) is 7.24. The minimum absolute atomic E-state index is 0.0797. The van der Waals surface area contributed by atoms with Crippen LogP contribution in [-0.4, -0.2) is 36.3 Å². The first-order chi connectivity index (χ1) is 10.0. The standard InChI is InChI=1S/C13H17N3O4S/c1-9(17)15-16-13(19)8-21-7-12(18)14-10-3-5-11(20-2)6-4-10/h3-6H,7-8H2,1-2H3,(H,14,18)(H,15,17)(H,16,19). The van der Waals surface area contributed by atoms with Crippen LogP contribution < -0.4 is 20.9 Å². The lowest BCUT2D eigenvalue weighted by molar-refractivity contribution is -0.126. The summed E-state index contributed by atoms with van der Waals surface area (Å²) < 4.78 is 5.01. The number of thioether (sulfide) groups is 1. The largest absolute Gasteiger partial charge is 0.497 e. The molecular weight excluding hydrogens is 294 g/mol. The first-order valence-electron chi connectivity index (χ1n) is 6.08. The van der Waals surface area contributed by atoms with Crippen LogP contribution in [0.1, 0.15) is 6.92 Å². The third-order valence-corrected chi connectivity index (χ3v) is 3.15. The van der Waals surface area contributed by atoms with E-state index in [1.165, 1.54) is 6.92 Å². The summed E-state index contributed by atoms with van der Waals surface area (Å²) in [6, 6.07) is 6.93. The molecule has 8 heteroatoms. The normalized spacial score (nSPS) is 9.62. The average Bonchev–Trinajstić information content (AvgIpc) is 2.46. The number of hydrogen-bond acceptors (Lipinski definition) is 5. The number of carbonyl (C=O) groups is 3. The lowest BCUT2D eigenvalue weighted by Gasteiger charge is -2.07. The Labute approximate surface area is 126 Å². The van der Waals surface area contributed by atoms with Gasteiger partial charge in [-0.15, -0.1) is 11.8 Å². The third kappa shape index (κ3) is 7.21. The van der Waals surface area contributed by atoms with E-state index in [2.05, 4.69) is 16.2 Å². The predicted molar refractivity (Wildman–Crippen MR) is 80.9 cm³/mol. The molecule has 114 valence electrons. The lowest BCUT2D eigenvalue weighted by atomic mass is 10.3. The van der Waals surface area contributed by atoms with Gasteiger partial charge in [0.25, 0.3) is 0 Å². The zero-order valence-electron chi connectivity index (χ0n) is 11.8. The van der Waals surface area contributed by atoms with Crippen LogP contribution in [0.25, 0.3) is 0 Å². The number of anilines is 1. The first kappa shape index (κ1) is 16.8. The molecule has 3 N–H and O–H groups in total. The van der Waals surface area contributed by atoms with Gasteiger partial charge in [-0.1, -0.05) is 0 Å². The van der Waals surface area contributed by atoms with Crippen LogP contribution in [0.5, 0.6) is 5.75 Å². The second-order valence-electron chi connectivity index (χ2n) is 4.00. The van der Waals surface area contributed by atoms with Crippen LogP contribution in [0.15, 0.2) is 24.3 Å². The molecule has 1 aromatic rings. The van der Waals surface area contributed by atoms with Crippen molar-refractivity contribution in [2.75, 3.05) is 23.9 Å². The van der Waals surface area contributed by atoms with Crippen molar-refractivity contribution < 1.29 is 19.1 Å². The lowest BCUT2D eigenvalue weighted by Crippen LogP contribution is -2.41. The average molecular weight is 311 g/mol. The summed E-state index contributed by atoms with van der Waals surface area (Å²) in [5.41, 5.74) is 5.04. The topological polar surface area (TPSA) is 96.5 Å². The molecule has 0 bridgehead atoms. The minimum Gasteiger partial charge on any atom is -0.497 e. The SMILES string of the molecule is COc1ccc(NC(=O)CSCC(=O)NNC(C)=O)cc1. The Bertz CT molecular complexity index is 505. The van der Waals surface area contributed by atoms with Crippen LogP contribution >= 0.6 is 11.8 Å². The minimum atomic E-state index is -0.368. The number of carbonyl (C=O) groups excluding carboxylic acids is 3. The fourth-order valence-corrected chi connectivity index (χ4v) is 1.92. The molecule has 0 atom stereocenters. The molecular formula is C13H17N3O4S. The van der Waals surface area contributed by atoms with Gasteiger partial charge in [-0.05, 0) is 24.3 Å². The van der Waals surface area contributed by atoms with Crippen molar-refractivity contribution in [1.82, 2.24) is 10.9 Å². The number of nitrogens with one attached hydrogen (secondary N) is 3. The van der Waals surface area contributed by atoms with Crippen LogP contribution in [0.4, 0.5) is 5.69 Å². The quantitative estimate of drug-likeness (QED) is 0.666. The van der Waals surface area contributed by atoms with Gasteiger partial charge in [0.05, 0.1) is 18.6 Å². The van der Waals surface area contributed by atoms with Gasteiger partial charge < -0.3 is 10.1 Å². The molecule has 0 spiro atoms. The molecule has 21 heavy (non-hydrogen) atoms. The molecule has 0 aliphatic heterocycles. The summed E-state index contributed by atoms with van der Waals surface area (Å²) in [4.78, 5) is 33.5. The number of amides is 3. The second-order valence-corrected chi connectivity index (χ2v) is 4.98. The van der Waals surface area contributed by atoms with Gasteiger partial charge in [0.1, 0.15) is 5.75 Å². The number of benzene rings is 1. The maximum Gasteiger partial charge on any atom is 0.248 e. The molecule has 0 aliphatic carbocycles. The molecule has 1 rings (SSSR count). The van der Waals surface area contributed by atoms with Crippen LogP contribution in [0.3, 0.4) is 0 Å². The maximum absolute atomic E-state index is 11.6. The van der Waals surface area contributed by atoms with Gasteiger partial charge in [-0.25, -0.2) is 0 Å². The monoisotopic (exact) mass is 311 g/mol. The number of ether oxygens (including phenoxy) is 1. The summed E-state index contributed by atoms with van der Waals surface area (Å²) in [6.07, 6.45) is 0. The molecule has 0 heterocycles. The highest BCUT2D eigenvalue weighted by molar-refractivity contribution is 8.00. The number of hydrazine groups is 1. The molecule has 0 saturated carbocycles. The molecule has 0 aromatic heterocycles. The fourth-order valence-electron chi connectivity index (χ4n) is 1.30. The highest BCUT2D eigenvalue weighted by atomic mass is 32.2. The van der Waals surface area contributed by atoms with Crippen molar-refractivity contribution in [3.63, 3.8) is 0 Å². The summed E-state index contributed by atoms with van der Waals surface area (Å²) in [5, 5.41) is 2.70. The molecule has 7 nitrogen and oxygen atoms in total. The van der Waals surface area contributed by atoms with Crippen molar-refractivity contribution in [2.24, 2.45) is 0 Å². The molecule has 0 radical (unpaired) electrons. The van der Waals surface area contributed by atoms with Crippen LogP contribution in [0, 0.1) is 0 Å². The zero-order chi connectivity index (χ0) is 15.7. The number of hydrogen-bond donors (Lipinski definition) is 3. The van der Waals surface area contributed by atoms with Gasteiger partial charge in [-0.2, -0.15) is 0 Å². The molecule has 0 unspecified atom stereocenters. The zero-order valence-corrected chi connectivity index (χ0v) is 12.6. The summed E-state index contributed by atoms with van der Waals surface area (Å²) in [6.45, 7) is 1.29. The van der Waals surface area contributed by atoms with Gasteiger partial charge in [0.2, 0.25) is 17.7 Å². The van der Waals surface area contributed by atoms with Crippen molar-refractivity contribution in [3.05, 3.63) is 24.3 Å². The second kappa shape index (κ2) is 8.85. The van der Waals surface area contributed by atoms with Crippen molar-refractivity contribution in [3.8, 4) is 5.75 Å². The Kier molecular flexibility index (Phi) is 7.10. The van der Waals surface area contributed by atoms with E-state index in [9.17, 15) is 14.4 Å². The van der Waals surface area contributed by atoms with E-state index in [0.29, 0.717) is 11.4 Å². The summed E-state index contributed by atoms with van der Waals surface area (Å²) >= 11 is 1.15. The molecule has 0 fully saturated rings. The number of methoxy groups -OCH3 is 1.